The molecule has 0 bridgehead atoms. The van der Waals surface area contributed by atoms with Crippen molar-refractivity contribution in [3.63, 3.8) is 0 Å². The molecule has 164 valence electrons. The molecule has 0 atom stereocenters. The van der Waals surface area contributed by atoms with Crippen LogP contribution in [-0.2, 0) is 0 Å². The Hall–Kier alpha value is -3.49. The first kappa shape index (κ1) is 21.4. The molecule has 0 amide bonds. The third-order valence-electron chi connectivity index (χ3n) is 5.91. The van der Waals surface area contributed by atoms with Crippen LogP contribution in [0.4, 0.5) is 0 Å². The summed E-state index contributed by atoms with van der Waals surface area (Å²) in [7, 11) is 0. The maximum Gasteiger partial charge on any atom is 0.119 e. The number of fused-ring (bicyclic) bond motifs is 2. The molecular weight excluding hydrogens is 428 g/mol. The zero-order valence-corrected chi connectivity index (χ0v) is 19.5. The summed E-state index contributed by atoms with van der Waals surface area (Å²) in [6, 6.07) is 31.3. The van der Waals surface area contributed by atoms with Crippen LogP contribution < -0.4 is 9.47 Å². The summed E-state index contributed by atoms with van der Waals surface area (Å²) >= 11 is 6.87. The summed E-state index contributed by atoms with van der Waals surface area (Å²) in [6.07, 6.45) is 0. The molecule has 0 unspecified atom stereocenters. The minimum Gasteiger partial charge on any atom is -0.494 e. The van der Waals surface area contributed by atoms with E-state index in [1.54, 1.807) is 0 Å². The van der Waals surface area contributed by atoms with Crippen molar-refractivity contribution in [2.24, 2.45) is 0 Å². The summed E-state index contributed by atoms with van der Waals surface area (Å²) in [5, 5.41) is 5.31. The Bertz CT molecular complexity index is 1420. The molecule has 0 aliphatic heterocycles. The lowest BCUT2D eigenvalue weighted by Crippen LogP contribution is -1.94. The summed E-state index contributed by atoms with van der Waals surface area (Å²) in [6.45, 7) is 5.29. The molecule has 5 aromatic rings. The molecular formula is C30H25ClO2. The number of ether oxygens (including phenoxy) is 2. The van der Waals surface area contributed by atoms with E-state index in [4.69, 9.17) is 21.1 Å². The summed E-state index contributed by atoms with van der Waals surface area (Å²) < 4.78 is 11.3. The van der Waals surface area contributed by atoms with E-state index in [1.165, 1.54) is 16.3 Å². The highest BCUT2D eigenvalue weighted by molar-refractivity contribution is 6.39. The highest BCUT2D eigenvalue weighted by atomic mass is 35.5. The summed E-state index contributed by atoms with van der Waals surface area (Å²) in [4.78, 5) is 0. The van der Waals surface area contributed by atoms with Gasteiger partial charge in [0.1, 0.15) is 11.5 Å². The van der Waals surface area contributed by atoms with Crippen LogP contribution in [-0.4, -0.2) is 13.2 Å². The van der Waals surface area contributed by atoms with E-state index in [1.807, 2.05) is 50.2 Å². The fourth-order valence-electron chi connectivity index (χ4n) is 4.57. The van der Waals surface area contributed by atoms with Gasteiger partial charge in [-0.05, 0) is 82.6 Å². The molecule has 0 radical (unpaired) electrons. The number of rotatable bonds is 6. The molecule has 0 aliphatic rings. The van der Waals surface area contributed by atoms with Gasteiger partial charge in [0.05, 0.1) is 13.2 Å². The number of halogens is 1. The quantitative estimate of drug-likeness (QED) is 0.240. The SMILES string of the molecule is CCOc1ccc(-c2c3ccccc3c(-c3ccc(OCC)cc3)c3c(Cl)cccc23)cc1. The van der Waals surface area contributed by atoms with Crippen LogP contribution in [0.2, 0.25) is 5.02 Å². The van der Waals surface area contributed by atoms with E-state index in [-0.39, 0.29) is 0 Å². The number of benzene rings is 5. The van der Waals surface area contributed by atoms with Gasteiger partial charge in [-0.25, -0.2) is 0 Å². The van der Waals surface area contributed by atoms with Crippen LogP contribution in [0, 0.1) is 0 Å². The Kier molecular flexibility index (Phi) is 5.93. The molecule has 33 heavy (non-hydrogen) atoms. The van der Waals surface area contributed by atoms with Crippen molar-refractivity contribution in [1.82, 2.24) is 0 Å². The van der Waals surface area contributed by atoms with Crippen molar-refractivity contribution in [3.8, 4) is 33.8 Å². The second-order valence-corrected chi connectivity index (χ2v) is 8.28. The predicted octanol–water partition coefficient (Wildman–Crippen LogP) is 8.78. The summed E-state index contributed by atoms with van der Waals surface area (Å²) in [5.41, 5.74) is 4.58. The van der Waals surface area contributed by atoms with Crippen molar-refractivity contribution in [2.45, 2.75) is 13.8 Å². The predicted molar refractivity (Wildman–Crippen MR) is 140 cm³/mol. The largest absolute Gasteiger partial charge is 0.494 e. The van der Waals surface area contributed by atoms with Gasteiger partial charge in [0.25, 0.3) is 0 Å². The smallest absolute Gasteiger partial charge is 0.119 e. The van der Waals surface area contributed by atoms with Gasteiger partial charge >= 0.3 is 0 Å². The van der Waals surface area contributed by atoms with Gasteiger partial charge in [-0.2, -0.15) is 0 Å². The monoisotopic (exact) mass is 452 g/mol. The minimum absolute atomic E-state index is 0.647. The molecule has 3 heteroatoms. The summed E-state index contributed by atoms with van der Waals surface area (Å²) in [5.74, 6) is 1.74. The zero-order chi connectivity index (χ0) is 22.8. The van der Waals surface area contributed by atoms with Crippen LogP contribution in [0.1, 0.15) is 13.8 Å². The van der Waals surface area contributed by atoms with Crippen LogP contribution in [0.3, 0.4) is 0 Å². The Labute approximate surface area is 199 Å². The molecule has 0 fully saturated rings. The van der Waals surface area contributed by atoms with Gasteiger partial charge in [0, 0.05) is 10.4 Å². The van der Waals surface area contributed by atoms with E-state index >= 15 is 0 Å². The minimum atomic E-state index is 0.647. The topological polar surface area (TPSA) is 18.5 Å². The molecule has 0 spiro atoms. The first-order valence-electron chi connectivity index (χ1n) is 11.3. The number of hydrogen-bond donors (Lipinski definition) is 0. The van der Waals surface area contributed by atoms with Gasteiger partial charge in [-0.1, -0.05) is 72.3 Å². The van der Waals surface area contributed by atoms with Crippen LogP contribution in [0.25, 0.3) is 43.8 Å². The van der Waals surface area contributed by atoms with Gasteiger partial charge < -0.3 is 9.47 Å². The van der Waals surface area contributed by atoms with Crippen LogP contribution in [0.15, 0.2) is 91.0 Å². The average Bonchev–Trinajstić information content (AvgIpc) is 2.85. The molecule has 0 N–H and O–H groups in total. The van der Waals surface area contributed by atoms with Crippen LogP contribution in [0.5, 0.6) is 11.5 Å². The van der Waals surface area contributed by atoms with Crippen molar-refractivity contribution in [2.75, 3.05) is 13.2 Å². The molecule has 5 rings (SSSR count). The fourth-order valence-corrected chi connectivity index (χ4v) is 4.83. The van der Waals surface area contributed by atoms with Gasteiger partial charge in [-0.3, -0.25) is 0 Å². The van der Waals surface area contributed by atoms with E-state index in [2.05, 4.69) is 54.6 Å². The molecule has 2 nitrogen and oxygen atoms in total. The Morgan fingerprint density at radius 1 is 0.545 bits per heavy atom. The highest BCUT2D eigenvalue weighted by Gasteiger charge is 2.18. The van der Waals surface area contributed by atoms with Gasteiger partial charge in [-0.15, -0.1) is 0 Å². The molecule has 0 aromatic heterocycles. The first-order valence-corrected chi connectivity index (χ1v) is 11.7. The first-order chi connectivity index (χ1) is 16.2. The fraction of sp³-hybridized carbons (Fsp3) is 0.133. The second-order valence-electron chi connectivity index (χ2n) is 7.87. The van der Waals surface area contributed by atoms with E-state index < -0.39 is 0 Å². The van der Waals surface area contributed by atoms with Crippen molar-refractivity contribution >= 4 is 33.1 Å². The molecule has 0 heterocycles. The second kappa shape index (κ2) is 9.17. The van der Waals surface area contributed by atoms with Crippen molar-refractivity contribution < 1.29 is 9.47 Å². The maximum absolute atomic E-state index is 6.87. The molecule has 0 saturated heterocycles. The number of hydrogen-bond acceptors (Lipinski definition) is 2. The molecule has 0 saturated carbocycles. The third-order valence-corrected chi connectivity index (χ3v) is 6.22. The van der Waals surface area contributed by atoms with E-state index in [9.17, 15) is 0 Å². The average molecular weight is 453 g/mol. The lowest BCUT2D eigenvalue weighted by atomic mass is 9.86. The Balaban J connectivity index is 1.83. The third kappa shape index (κ3) is 3.92. The van der Waals surface area contributed by atoms with Gasteiger partial charge in [0.15, 0.2) is 0 Å². The van der Waals surface area contributed by atoms with Gasteiger partial charge in [0.2, 0.25) is 0 Å². The maximum atomic E-state index is 6.87. The van der Waals surface area contributed by atoms with E-state index in [0.29, 0.717) is 13.2 Å². The highest BCUT2D eigenvalue weighted by Crippen LogP contribution is 2.46. The normalized spacial score (nSPS) is 11.1. The van der Waals surface area contributed by atoms with Crippen LogP contribution >= 0.6 is 11.6 Å². The van der Waals surface area contributed by atoms with Crippen molar-refractivity contribution in [1.29, 1.82) is 0 Å². The lowest BCUT2D eigenvalue weighted by Gasteiger charge is -2.19. The standard InChI is InChI=1S/C30H25ClO2/c1-3-32-22-16-12-20(13-17-22)28-24-8-5-6-9-25(24)29(30-26(28)10-7-11-27(30)31)21-14-18-23(19-15-21)33-4-2/h5-19H,3-4H2,1-2H3. The Morgan fingerprint density at radius 3 is 1.58 bits per heavy atom. The van der Waals surface area contributed by atoms with Crippen molar-refractivity contribution in [3.05, 3.63) is 96.0 Å². The lowest BCUT2D eigenvalue weighted by molar-refractivity contribution is 0.340. The molecule has 5 aromatic carbocycles. The molecule has 0 aliphatic carbocycles. The Morgan fingerprint density at radius 2 is 1.03 bits per heavy atom. The zero-order valence-electron chi connectivity index (χ0n) is 18.8. The van der Waals surface area contributed by atoms with E-state index in [0.717, 1.165) is 44.0 Å².